The highest BCUT2D eigenvalue weighted by atomic mass is 79.9. The average Bonchev–Trinajstić information content (AvgIpc) is 2.77. The van der Waals surface area contributed by atoms with Crippen molar-refractivity contribution < 1.29 is 0 Å². The lowest BCUT2D eigenvalue weighted by Crippen LogP contribution is -2.23. The third-order valence-corrected chi connectivity index (χ3v) is 4.26. The molecule has 1 unspecified atom stereocenters. The van der Waals surface area contributed by atoms with Gasteiger partial charge < -0.3 is 10.6 Å². The number of anilines is 1. The van der Waals surface area contributed by atoms with Crippen LogP contribution in [-0.2, 0) is 0 Å². The van der Waals surface area contributed by atoms with Crippen molar-refractivity contribution in [1.29, 1.82) is 0 Å². The maximum Gasteiger partial charge on any atom is 0.106 e. The molecule has 1 heterocycles. The molecule has 0 saturated carbocycles. The number of hydrogen-bond donors (Lipinski definition) is 1. The molecule has 0 amide bonds. The van der Waals surface area contributed by atoms with Crippen LogP contribution in [0, 0.1) is 5.92 Å². The Morgan fingerprint density at radius 1 is 1.56 bits per heavy atom. The van der Waals surface area contributed by atoms with Gasteiger partial charge in [-0.1, -0.05) is 41.5 Å². The summed E-state index contributed by atoms with van der Waals surface area (Å²) in [5.74, 6) is 0.813. The van der Waals surface area contributed by atoms with Crippen LogP contribution in [0.4, 0.5) is 5.69 Å². The zero-order chi connectivity index (χ0) is 13.1. The van der Waals surface area contributed by atoms with Crippen LogP contribution in [-0.4, -0.2) is 18.1 Å². The first kappa shape index (κ1) is 13.8. The van der Waals surface area contributed by atoms with Gasteiger partial charge in [-0.2, -0.15) is 0 Å². The van der Waals surface area contributed by atoms with Crippen LogP contribution in [0.3, 0.4) is 0 Å². The van der Waals surface area contributed by atoms with Gasteiger partial charge in [0.15, 0.2) is 0 Å². The number of hydrogen-bond acceptors (Lipinski definition) is 2. The second-order valence-corrected chi connectivity index (χ2v) is 6.27. The van der Waals surface area contributed by atoms with E-state index in [9.17, 15) is 0 Å². The average molecular weight is 327 g/mol. The molecule has 0 bridgehead atoms. The standard InChI is InChI=1S/C14H19BrN2S/c1-2-3-10-6-7-17(9-10)13-8-11(15)4-5-12(13)14(16)18/h4-5,8,10H,2-3,6-7,9H2,1H3,(H2,16,18). The molecule has 0 spiro atoms. The third-order valence-electron chi connectivity index (χ3n) is 3.55. The molecule has 18 heavy (non-hydrogen) atoms. The molecule has 0 aliphatic carbocycles. The summed E-state index contributed by atoms with van der Waals surface area (Å²) in [6.45, 7) is 4.48. The first-order chi connectivity index (χ1) is 8.61. The molecule has 4 heteroatoms. The van der Waals surface area contributed by atoms with Crippen LogP contribution < -0.4 is 10.6 Å². The predicted octanol–water partition coefficient (Wildman–Crippen LogP) is 3.71. The van der Waals surface area contributed by atoms with Crippen LogP contribution in [0.2, 0.25) is 0 Å². The quantitative estimate of drug-likeness (QED) is 0.855. The zero-order valence-corrected chi connectivity index (χ0v) is 13.1. The van der Waals surface area contributed by atoms with Crippen molar-refractivity contribution in [1.82, 2.24) is 0 Å². The second kappa shape index (κ2) is 6.02. The lowest BCUT2D eigenvalue weighted by atomic mass is 10.0. The van der Waals surface area contributed by atoms with Crippen molar-refractivity contribution in [2.45, 2.75) is 26.2 Å². The summed E-state index contributed by atoms with van der Waals surface area (Å²) in [5.41, 5.74) is 7.98. The smallest absolute Gasteiger partial charge is 0.106 e. The van der Waals surface area contributed by atoms with Crippen molar-refractivity contribution >= 4 is 38.8 Å². The van der Waals surface area contributed by atoms with Gasteiger partial charge in [0.2, 0.25) is 0 Å². The summed E-state index contributed by atoms with van der Waals surface area (Å²) < 4.78 is 1.08. The lowest BCUT2D eigenvalue weighted by molar-refractivity contribution is 0.530. The highest BCUT2D eigenvalue weighted by molar-refractivity contribution is 9.10. The van der Waals surface area contributed by atoms with Crippen LogP contribution >= 0.6 is 28.1 Å². The molecular formula is C14H19BrN2S. The van der Waals surface area contributed by atoms with Crippen molar-refractivity contribution in [2.24, 2.45) is 11.7 Å². The molecule has 1 aromatic rings. The second-order valence-electron chi connectivity index (χ2n) is 4.92. The van der Waals surface area contributed by atoms with E-state index in [1.165, 1.54) is 24.9 Å². The van der Waals surface area contributed by atoms with Crippen LogP contribution in [0.15, 0.2) is 22.7 Å². The summed E-state index contributed by atoms with van der Waals surface area (Å²) >= 11 is 8.67. The van der Waals surface area contributed by atoms with Crippen LogP contribution in [0.1, 0.15) is 31.7 Å². The summed E-state index contributed by atoms with van der Waals surface area (Å²) in [6, 6.07) is 6.13. The summed E-state index contributed by atoms with van der Waals surface area (Å²) in [4.78, 5) is 2.90. The predicted molar refractivity (Wildman–Crippen MR) is 85.3 cm³/mol. The number of nitrogens with two attached hydrogens (primary N) is 1. The fraction of sp³-hybridized carbons (Fsp3) is 0.500. The first-order valence-corrected chi connectivity index (χ1v) is 7.66. The zero-order valence-electron chi connectivity index (χ0n) is 10.7. The SMILES string of the molecule is CCCC1CCN(c2cc(Br)ccc2C(N)=S)C1. The van der Waals surface area contributed by atoms with E-state index < -0.39 is 0 Å². The van der Waals surface area contributed by atoms with E-state index in [1.807, 2.05) is 12.1 Å². The van der Waals surface area contributed by atoms with E-state index in [-0.39, 0.29) is 0 Å². The fourth-order valence-electron chi connectivity index (χ4n) is 2.67. The lowest BCUT2D eigenvalue weighted by Gasteiger charge is -2.22. The van der Waals surface area contributed by atoms with Gasteiger partial charge in [-0.15, -0.1) is 0 Å². The molecule has 1 aliphatic heterocycles. The normalized spacial score (nSPS) is 19.2. The molecular weight excluding hydrogens is 308 g/mol. The number of halogens is 1. The minimum absolute atomic E-state index is 0.483. The third kappa shape index (κ3) is 3.04. The molecule has 1 aromatic carbocycles. The molecule has 1 atom stereocenters. The molecule has 0 aromatic heterocycles. The van der Waals surface area contributed by atoms with E-state index >= 15 is 0 Å². The molecule has 1 aliphatic rings. The minimum atomic E-state index is 0.483. The first-order valence-electron chi connectivity index (χ1n) is 6.46. The molecule has 0 radical (unpaired) electrons. The van der Waals surface area contributed by atoms with Gasteiger partial charge >= 0.3 is 0 Å². The molecule has 1 saturated heterocycles. The Morgan fingerprint density at radius 2 is 2.33 bits per heavy atom. The van der Waals surface area contributed by atoms with Gasteiger partial charge in [-0.05, 0) is 37.0 Å². The monoisotopic (exact) mass is 326 g/mol. The van der Waals surface area contributed by atoms with E-state index in [1.54, 1.807) is 0 Å². The van der Waals surface area contributed by atoms with E-state index in [2.05, 4.69) is 33.8 Å². The van der Waals surface area contributed by atoms with Crippen molar-refractivity contribution in [2.75, 3.05) is 18.0 Å². The number of benzene rings is 1. The Balaban J connectivity index is 2.23. The Kier molecular flexibility index (Phi) is 4.62. The Hall–Kier alpha value is -0.610. The minimum Gasteiger partial charge on any atom is -0.389 e. The van der Waals surface area contributed by atoms with Gasteiger partial charge in [0.1, 0.15) is 4.99 Å². The van der Waals surface area contributed by atoms with E-state index in [0.717, 1.165) is 29.0 Å². The van der Waals surface area contributed by atoms with Crippen molar-refractivity contribution in [3.63, 3.8) is 0 Å². The Bertz CT molecular complexity index is 447. The van der Waals surface area contributed by atoms with Crippen molar-refractivity contribution in [3.8, 4) is 0 Å². The summed E-state index contributed by atoms with van der Waals surface area (Å²) in [5, 5.41) is 0. The fourth-order valence-corrected chi connectivity index (χ4v) is 3.19. The van der Waals surface area contributed by atoms with E-state index in [0.29, 0.717) is 4.99 Å². The van der Waals surface area contributed by atoms with Gasteiger partial charge in [0.25, 0.3) is 0 Å². The maximum atomic E-state index is 5.82. The van der Waals surface area contributed by atoms with E-state index in [4.69, 9.17) is 18.0 Å². The highest BCUT2D eigenvalue weighted by Crippen LogP contribution is 2.31. The number of rotatable bonds is 4. The Labute approximate surface area is 123 Å². The van der Waals surface area contributed by atoms with Crippen LogP contribution in [0.25, 0.3) is 0 Å². The largest absolute Gasteiger partial charge is 0.389 e. The molecule has 1 fully saturated rings. The summed E-state index contributed by atoms with van der Waals surface area (Å²) in [6.07, 6.45) is 3.85. The van der Waals surface area contributed by atoms with Gasteiger partial charge in [-0.25, -0.2) is 0 Å². The topological polar surface area (TPSA) is 29.3 Å². The molecule has 2 rings (SSSR count). The Morgan fingerprint density at radius 3 is 3.00 bits per heavy atom. The number of thiocarbonyl (C=S) groups is 1. The van der Waals surface area contributed by atoms with Gasteiger partial charge in [-0.3, -0.25) is 0 Å². The molecule has 98 valence electrons. The molecule has 2 nitrogen and oxygen atoms in total. The summed E-state index contributed by atoms with van der Waals surface area (Å²) in [7, 11) is 0. The maximum absolute atomic E-state index is 5.82. The van der Waals surface area contributed by atoms with Gasteiger partial charge in [0.05, 0.1) is 0 Å². The van der Waals surface area contributed by atoms with Crippen LogP contribution in [0.5, 0.6) is 0 Å². The number of nitrogens with zero attached hydrogens (tertiary/aromatic N) is 1. The highest BCUT2D eigenvalue weighted by Gasteiger charge is 2.24. The van der Waals surface area contributed by atoms with Gasteiger partial charge in [0, 0.05) is 28.8 Å². The molecule has 2 N–H and O–H groups in total. The van der Waals surface area contributed by atoms with Crippen molar-refractivity contribution in [3.05, 3.63) is 28.2 Å².